The summed E-state index contributed by atoms with van der Waals surface area (Å²) >= 11 is 9.48. The summed E-state index contributed by atoms with van der Waals surface area (Å²) in [5, 5.41) is 0.663. The summed E-state index contributed by atoms with van der Waals surface area (Å²) in [4.78, 5) is 0. The summed E-state index contributed by atoms with van der Waals surface area (Å²) in [6.45, 7) is 0. The van der Waals surface area contributed by atoms with Crippen molar-refractivity contribution in [1.82, 2.24) is 0 Å². The molecule has 0 saturated carbocycles. The zero-order valence-corrected chi connectivity index (χ0v) is 11.9. The zero-order chi connectivity index (χ0) is 13.1. The van der Waals surface area contributed by atoms with Crippen molar-refractivity contribution in [2.75, 3.05) is 0 Å². The van der Waals surface area contributed by atoms with Crippen LogP contribution in [0.4, 0.5) is 4.39 Å². The van der Waals surface area contributed by atoms with E-state index in [-0.39, 0.29) is 11.9 Å². The van der Waals surface area contributed by atoms with E-state index >= 15 is 0 Å². The van der Waals surface area contributed by atoms with Crippen molar-refractivity contribution in [1.29, 1.82) is 0 Å². The molecule has 18 heavy (non-hydrogen) atoms. The Balaban J connectivity index is 2.18. The SMILES string of the molecule is NC(Cc1ccc(Br)cc1Cl)c1cccc(F)c1. The van der Waals surface area contributed by atoms with Gasteiger partial charge in [0.2, 0.25) is 0 Å². The van der Waals surface area contributed by atoms with E-state index < -0.39 is 0 Å². The minimum absolute atomic E-state index is 0.264. The average Bonchev–Trinajstić information content (AvgIpc) is 2.32. The molecular weight excluding hydrogens is 317 g/mol. The molecule has 0 aliphatic rings. The van der Waals surface area contributed by atoms with Crippen molar-refractivity contribution in [2.24, 2.45) is 5.73 Å². The van der Waals surface area contributed by atoms with Gasteiger partial charge in [-0.15, -0.1) is 0 Å². The van der Waals surface area contributed by atoms with Crippen LogP contribution >= 0.6 is 27.5 Å². The van der Waals surface area contributed by atoms with Crippen LogP contribution in [0, 0.1) is 5.82 Å². The highest BCUT2D eigenvalue weighted by molar-refractivity contribution is 9.10. The van der Waals surface area contributed by atoms with E-state index in [2.05, 4.69) is 15.9 Å². The Labute approximate surface area is 119 Å². The number of benzene rings is 2. The fourth-order valence-electron chi connectivity index (χ4n) is 1.78. The molecule has 0 aliphatic carbocycles. The van der Waals surface area contributed by atoms with Gasteiger partial charge >= 0.3 is 0 Å². The Morgan fingerprint density at radius 2 is 2.00 bits per heavy atom. The Morgan fingerprint density at radius 1 is 1.22 bits per heavy atom. The van der Waals surface area contributed by atoms with Gasteiger partial charge in [-0.1, -0.05) is 45.7 Å². The van der Waals surface area contributed by atoms with Crippen LogP contribution in [0.25, 0.3) is 0 Å². The van der Waals surface area contributed by atoms with Gasteiger partial charge in [-0.3, -0.25) is 0 Å². The number of nitrogens with two attached hydrogens (primary N) is 1. The molecule has 0 heterocycles. The first-order chi connectivity index (χ1) is 8.56. The van der Waals surface area contributed by atoms with Crippen LogP contribution in [-0.2, 0) is 6.42 Å². The highest BCUT2D eigenvalue weighted by Gasteiger charge is 2.10. The Morgan fingerprint density at radius 3 is 2.67 bits per heavy atom. The summed E-state index contributed by atoms with van der Waals surface area (Å²) in [6.07, 6.45) is 0.579. The summed E-state index contributed by atoms with van der Waals surface area (Å²) < 4.78 is 14.0. The van der Waals surface area contributed by atoms with E-state index in [4.69, 9.17) is 17.3 Å². The van der Waals surface area contributed by atoms with Crippen molar-refractivity contribution in [3.05, 3.63) is 68.9 Å². The third kappa shape index (κ3) is 3.31. The lowest BCUT2D eigenvalue weighted by Gasteiger charge is -2.13. The van der Waals surface area contributed by atoms with Crippen molar-refractivity contribution >= 4 is 27.5 Å². The molecule has 0 fully saturated rings. The first-order valence-corrected chi connectivity index (χ1v) is 6.68. The molecule has 2 N–H and O–H groups in total. The highest BCUT2D eigenvalue weighted by Crippen LogP contribution is 2.25. The second kappa shape index (κ2) is 5.83. The zero-order valence-electron chi connectivity index (χ0n) is 9.54. The number of hydrogen-bond acceptors (Lipinski definition) is 1. The summed E-state index contributed by atoms with van der Waals surface area (Å²) in [5.41, 5.74) is 7.79. The van der Waals surface area contributed by atoms with E-state index in [1.54, 1.807) is 6.07 Å². The monoisotopic (exact) mass is 327 g/mol. The van der Waals surface area contributed by atoms with Gasteiger partial charge in [0.15, 0.2) is 0 Å². The maximum Gasteiger partial charge on any atom is 0.123 e. The number of hydrogen-bond donors (Lipinski definition) is 1. The normalized spacial score (nSPS) is 12.4. The van der Waals surface area contributed by atoms with Gasteiger partial charge in [0.1, 0.15) is 5.82 Å². The predicted octanol–water partition coefficient (Wildman–Crippen LogP) is 4.48. The third-order valence-electron chi connectivity index (χ3n) is 2.73. The average molecular weight is 329 g/mol. The van der Waals surface area contributed by atoms with Crippen LogP contribution in [0.1, 0.15) is 17.2 Å². The molecule has 0 saturated heterocycles. The van der Waals surface area contributed by atoms with E-state index in [1.165, 1.54) is 12.1 Å². The van der Waals surface area contributed by atoms with Crippen molar-refractivity contribution in [3.8, 4) is 0 Å². The molecule has 94 valence electrons. The highest BCUT2D eigenvalue weighted by atomic mass is 79.9. The van der Waals surface area contributed by atoms with Crippen LogP contribution < -0.4 is 5.73 Å². The van der Waals surface area contributed by atoms with Gasteiger partial charge in [-0.2, -0.15) is 0 Å². The molecule has 2 aromatic rings. The Hall–Kier alpha value is -0.900. The number of rotatable bonds is 3. The molecule has 1 nitrogen and oxygen atoms in total. The lowest BCUT2D eigenvalue weighted by molar-refractivity contribution is 0.618. The molecule has 0 radical (unpaired) electrons. The molecule has 0 aromatic heterocycles. The molecule has 0 bridgehead atoms. The summed E-state index contributed by atoms with van der Waals surface area (Å²) in [6, 6.07) is 11.7. The largest absolute Gasteiger partial charge is 0.324 e. The van der Waals surface area contributed by atoms with Crippen molar-refractivity contribution in [2.45, 2.75) is 12.5 Å². The smallest absolute Gasteiger partial charge is 0.123 e. The lowest BCUT2D eigenvalue weighted by Crippen LogP contribution is -2.13. The fraction of sp³-hybridized carbons (Fsp3) is 0.143. The molecule has 2 rings (SSSR count). The second-order valence-corrected chi connectivity index (χ2v) is 5.42. The minimum atomic E-state index is -0.273. The minimum Gasteiger partial charge on any atom is -0.324 e. The Bertz CT molecular complexity index is 559. The quantitative estimate of drug-likeness (QED) is 0.883. The van der Waals surface area contributed by atoms with Gasteiger partial charge in [-0.25, -0.2) is 4.39 Å². The molecule has 0 amide bonds. The first-order valence-electron chi connectivity index (χ1n) is 5.51. The predicted molar refractivity (Wildman–Crippen MR) is 76.2 cm³/mol. The van der Waals surface area contributed by atoms with Gasteiger partial charge < -0.3 is 5.73 Å². The van der Waals surface area contributed by atoms with Crippen molar-refractivity contribution in [3.63, 3.8) is 0 Å². The van der Waals surface area contributed by atoms with E-state index in [0.717, 1.165) is 15.6 Å². The fourth-order valence-corrected chi connectivity index (χ4v) is 2.53. The van der Waals surface area contributed by atoms with Gasteiger partial charge in [0.25, 0.3) is 0 Å². The van der Waals surface area contributed by atoms with E-state index in [0.29, 0.717) is 11.4 Å². The van der Waals surface area contributed by atoms with E-state index in [9.17, 15) is 4.39 Å². The molecule has 0 aliphatic heterocycles. The van der Waals surface area contributed by atoms with Crippen LogP contribution in [0.5, 0.6) is 0 Å². The molecule has 1 atom stereocenters. The van der Waals surface area contributed by atoms with Gasteiger partial charge in [-0.05, 0) is 41.8 Å². The summed E-state index contributed by atoms with van der Waals surface area (Å²) in [5.74, 6) is -0.273. The maximum atomic E-state index is 13.1. The third-order valence-corrected chi connectivity index (χ3v) is 3.58. The van der Waals surface area contributed by atoms with Gasteiger partial charge in [0, 0.05) is 15.5 Å². The van der Waals surface area contributed by atoms with Crippen LogP contribution in [0.3, 0.4) is 0 Å². The lowest BCUT2D eigenvalue weighted by atomic mass is 10.00. The molecule has 4 heteroatoms. The maximum absolute atomic E-state index is 13.1. The van der Waals surface area contributed by atoms with Crippen LogP contribution in [-0.4, -0.2) is 0 Å². The molecule has 0 spiro atoms. The van der Waals surface area contributed by atoms with Crippen molar-refractivity contribution < 1.29 is 4.39 Å². The standard InChI is InChI=1S/C14H12BrClFN/c15-11-5-4-9(13(16)8-11)7-14(18)10-2-1-3-12(17)6-10/h1-6,8,14H,7,18H2. The second-order valence-electron chi connectivity index (χ2n) is 4.10. The summed E-state index contributed by atoms with van der Waals surface area (Å²) in [7, 11) is 0. The molecule has 2 aromatic carbocycles. The Kier molecular flexibility index (Phi) is 4.38. The van der Waals surface area contributed by atoms with Crippen LogP contribution in [0.15, 0.2) is 46.9 Å². The molecular formula is C14H12BrClFN. The first kappa shape index (κ1) is 13.5. The number of halogens is 3. The topological polar surface area (TPSA) is 26.0 Å². The van der Waals surface area contributed by atoms with Gasteiger partial charge in [0.05, 0.1) is 0 Å². The van der Waals surface area contributed by atoms with E-state index in [1.807, 2.05) is 24.3 Å². The molecule has 1 unspecified atom stereocenters. The van der Waals surface area contributed by atoms with Crippen LogP contribution in [0.2, 0.25) is 5.02 Å².